The van der Waals surface area contributed by atoms with Crippen LogP contribution in [0.4, 0.5) is 0 Å². The third kappa shape index (κ3) is 1.51. The first-order valence-electron chi connectivity index (χ1n) is 4.31. The maximum absolute atomic E-state index is 11.5. The molecule has 1 aromatic heterocycles. The summed E-state index contributed by atoms with van der Waals surface area (Å²) in [6.45, 7) is 0. The first-order valence-corrected chi connectivity index (χ1v) is 5.54. The van der Waals surface area contributed by atoms with Gasteiger partial charge in [0.1, 0.15) is 11.5 Å². The van der Waals surface area contributed by atoms with Crippen LogP contribution in [-0.4, -0.2) is 11.2 Å². The molecule has 5 nitrogen and oxygen atoms in total. The van der Waals surface area contributed by atoms with Crippen molar-refractivity contribution in [2.75, 3.05) is 6.26 Å². The van der Waals surface area contributed by atoms with Gasteiger partial charge < -0.3 is 4.42 Å². The molecule has 0 unspecified atom stereocenters. The van der Waals surface area contributed by atoms with Crippen LogP contribution in [0.3, 0.4) is 0 Å². The monoisotopic (exact) mass is 234 g/mol. The molecule has 2 aromatic rings. The molecule has 0 aliphatic carbocycles. The molecule has 0 aliphatic rings. The van der Waals surface area contributed by atoms with Crippen molar-refractivity contribution in [3.05, 3.63) is 38.7 Å². The number of nitriles is 1. The minimum absolute atomic E-state index is 0.119. The molecule has 2 rings (SSSR count). The van der Waals surface area contributed by atoms with Crippen LogP contribution in [0.5, 0.6) is 0 Å². The number of H-pyrrole nitrogens is 1. The Balaban J connectivity index is 3.05. The van der Waals surface area contributed by atoms with E-state index in [1.54, 1.807) is 18.4 Å². The van der Waals surface area contributed by atoms with E-state index >= 15 is 0 Å². The molecule has 80 valence electrons. The van der Waals surface area contributed by atoms with Crippen molar-refractivity contribution in [3.63, 3.8) is 0 Å². The number of fused-ring (bicyclic) bond motifs is 1. The number of aromatic nitrogens is 1. The highest BCUT2D eigenvalue weighted by Gasteiger charge is 2.12. The molecule has 1 heterocycles. The van der Waals surface area contributed by atoms with Crippen LogP contribution in [0.15, 0.2) is 31.0 Å². The van der Waals surface area contributed by atoms with E-state index in [0.29, 0.717) is 10.4 Å². The maximum Gasteiger partial charge on any atom is 0.419 e. The van der Waals surface area contributed by atoms with E-state index in [-0.39, 0.29) is 10.9 Å². The van der Waals surface area contributed by atoms with E-state index in [1.165, 1.54) is 11.8 Å². The maximum atomic E-state index is 11.5. The standard InChI is InChI=1S/C10H6N2O3S/c1-16-7-3-2-6-8(5(7)4-11)9(13)15-10(14)12-6/h2-3H,1H3,(H,12,14). The number of aromatic amines is 1. The first kappa shape index (κ1) is 10.5. The van der Waals surface area contributed by atoms with Gasteiger partial charge in [0.2, 0.25) is 0 Å². The van der Waals surface area contributed by atoms with Gasteiger partial charge in [-0.25, -0.2) is 9.59 Å². The van der Waals surface area contributed by atoms with Crippen LogP contribution < -0.4 is 11.4 Å². The third-order valence-corrected chi connectivity index (χ3v) is 2.91. The molecular weight excluding hydrogens is 228 g/mol. The molecule has 1 N–H and O–H groups in total. The Morgan fingerprint density at radius 3 is 2.81 bits per heavy atom. The lowest BCUT2D eigenvalue weighted by molar-refractivity contribution is 0.460. The van der Waals surface area contributed by atoms with Crippen molar-refractivity contribution in [1.82, 2.24) is 4.98 Å². The normalized spacial score (nSPS) is 10.2. The number of benzene rings is 1. The van der Waals surface area contributed by atoms with Crippen molar-refractivity contribution in [2.24, 2.45) is 0 Å². The summed E-state index contributed by atoms with van der Waals surface area (Å²) in [6.07, 6.45) is 1.80. The molecule has 0 radical (unpaired) electrons. The predicted octanol–water partition coefficient (Wildman–Crippen LogP) is 1.07. The zero-order chi connectivity index (χ0) is 11.7. The first-order chi connectivity index (χ1) is 7.67. The highest BCUT2D eigenvalue weighted by molar-refractivity contribution is 7.98. The molecule has 0 aliphatic heterocycles. The van der Waals surface area contributed by atoms with Gasteiger partial charge in [0, 0.05) is 4.90 Å². The van der Waals surface area contributed by atoms with Crippen LogP contribution in [-0.2, 0) is 0 Å². The van der Waals surface area contributed by atoms with E-state index in [1.807, 2.05) is 6.07 Å². The number of nitrogens with one attached hydrogen (secondary N) is 1. The number of nitrogens with zero attached hydrogens (tertiary/aromatic N) is 1. The van der Waals surface area contributed by atoms with Gasteiger partial charge in [-0.1, -0.05) is 0 Å². The average Bonchev–Trinajstić information content (AvgIpc) is 2.27. The van der Waals surface area contributed by atoms with Gasteiger partial charge in [0.05, 0.1) is 11.1 Å². The average molecular weight is 234 g/mol. The Morgan fingerprint density at radius 1 is 1.44 bits per heavy atom. The minimum Gasteiger partial charge on any atom is -0.372 e. The second-order valence-electron chi connectivity index (χ2n) is 2.98. The molecule has 6 heteroatoms. The van der Waals surface area contributed by atoms with E-state index in [9.17, 15) is 9.59 Å². The number of hydrogen-bond donors (Lipinski definition) is 1. The highest BCUT2D eigenvalue weighted by Crippen LogP contribution is 2.24. The third-order valence-electron chi connectivity index (χ3n) is 2.13. The van der Waals surface area contributed by atoms with Crippen LogP contribution in [0.1, 0.15) is 5.56 Å². The van der Waals surface area contributed by atoms with E-state index < -0.39 is 11.4 Å². The van der Waals surface area contributed by atoms with Gasteiger partial charge in [-0.05, 0) is 18.4 Å². The summed E-state index contributed by atoms with van der Waals surface area (Å²) in [5.74, 6) is -0.821. The highest BCUT2D eigenvalue weighted by atomic mass is 32.2. The Morgan fingerprint density at radius 2 is 2.19 bits per heavy atom. The molecule has 0 saturated carbocycles. The smallest absolute Gasteiger partial charge is 0.372 e. The summed E-state index contributed by atoms with van der Waals surface area (Å²) in [4.78, 5) is 25.5. The minimum atomic E-state index is -0.821. The van der Waals surface area contributed by atoms with Crippen molar-refractivity contribution in [2.45, 2.75) is 4.90 Å². The molecule has 0 spiro atoms. The van der Waals surface area contributed by atoms with Crippen LogP contribution >= 0.6 is 11.8 Å². The summed E-state index contributed by atoms with van der Waals surface area (Å²) < 4.78 is 4.41. The van der Waals surface area contributed by atoms with E-state index in [4.69, 9.17) is 5.26 Å². The van der Waals surface area contributed by atoms with Crippen molar-refractivity contribution in [1.29, 1.82) is 5.26 Å². The van der Waals surface area contributed by atoms with E-state index in [2.05, 4.69) is 9.40 Å². The van der Waals surface area contributed by atoms with Crippen molar-refractivity contribution in [3.8, 4) is 6.07 Å². The zero-order valence-electron chi connectivity index (χ0n) is 8.23. The van der Waals surface area contributed by atoms with Gasteiger partial charge in [0.15, 0.2) is 0 Å². The Hall–Kier alpha value is -2.00. The lowest BCUT2D eigenvalue weighted by Gasteiger charge is -2.02. The van der Waals surface area contributed by atoms with Crippen molar-refractivity contribution >= 4 is 22.7 Å². The summed E-state index contributed by atoms with van der Waals surface area (Å²) in [5.41, 5.74) is -0.239. The van der Waals surface area contributed by atoms with Crippen LogP contribution in [0.25, 0.3) is 10.9 Å². The van der Waals surface area contributed by atoms with Gasteiger partial charge in [0.25, 0.3) is 0 Å². The molecular formula is C10H6N2O3S. The van der Waals surface area contributed by atoms with Crippen LogP contribution in [0.2, 0.25) is 0 Å². The second kappa shape index (κ2) is 3.87. The molecule has 1 aromatic carbocycles. The lowest BCUT2D eigenvalue weighted by atomic mass is 10.1. The Bertz CT molecular complexity index is 709. The zero-order valence-corrected chi connectivity index (χ0v) is 9.05. The largest absolute Gasteiger partial charge is 0.419 e. The van der Waals surface area contributed by atoms with E-state index in [0.717, 1.165) is 0 Å². The van der Waals surface area contributed by atoms with Gasteiger partial charge in [-0.15, -0.1) is 11.8 Å². The van der Waals surface area contributed by atoms with Gasteiger partial charge in [-0.3, -0.25) is 4.98 Å². The summed E-state index contributed by atoms with van der Waals surface area (Å²) >= 11 is 1.35. The fourth-order valence-electron chi connectivity index (χ4n) is 1.45. The summed E-state index contributed by atoms with van der Waals surface area (Å²) in [6, 6.07) is 5.21. The Kier molecular flexibility index (Phi) is 2.54. The molecule has 16 heavy (non-hydrogen) atoms. The quantitative estimate of drug-likeness (QED) is 0.746. The number of hydrogen-bond acceptors (Lipinski definition) is 5. The van der Waals surface area contributed by atoms with Crippen molar-refractivity contribution < 1.29 is 4.42 Å². The van der Waals surface area contributed by atoms with Crippen LogP contribution in [0, 0.1) is 11.3 Å². The molecule has 0 saturated heterocycles. The van der Waals surface area contributed by atoms with Gasteiger partial charge >= 0.3 is 11.4 Å². The lowest BCUT2D eigenvalue weighted by Crippen LogP contribution is -2.15. The summed E-state index contributed by atoms with van der Waals surface area (Å²) in [5, 5.41) is 9.12. The molecule has 0 amide bonds. The summed E-state index contributed by atoms with van der Waals surface area (Å²) in [7, 11) is 0. The SMILES string of the molecule is CSc1ccc2[nH]c(=O)oc(=O)c2c1C#N. The topological polar surface area (TPSA) is 86.9 Å². The molecule has 0 fully saturated rings. The number of thioether (sulfide) groups is 1. The fourth-order valence-corrected chi connectivity index (χ4v) is 2.01. The second-order valence-corrected chi connectivity index (χ2v) is 3.83. The Labute approximate surface area is 93.7 Å². The molecule has 0 bridgehead atoms. The molecule has 0 atom stereocenters. The fraction of sp³-hybridized carbons (Fsp3) is 0.100. The number of rotatable bonds is 1. The predicted molar refractivity (Wildman–Crippen MR) is 59.6 cm³/mol. The van der Waals surface area contributed by atoms with Gasteiger partial charge in [-0.2, -0.15) is 5.26 Å².